The maximum Gasteiger partial charge on any atom is 0.264 e. The van der Waals surface area contributed by atoms with E-state index in [4.69, 9.17) is 4.74 Å². The van der Waals surface area contributed by atoms with Crippen LogP contribution in [0.3, 0.4) is 0 Å². The molecule has 0 aliphatic heterocycles. The Morgan fingerprint density at radius 3 is 2.40 bits per heavy atom. The number of carbonyl (C=O) groups is 1. The molecular weight excluding hydrogens is 482 g/mol. The first-order valence-electron chi connectivity index (χ1n) is 11.1. The molecule has 4 rings (SSSR count). The van der Waals surface area contributed by atoms with Crippen LogP contribution in [0.2, 0.25) is 0 Å². The molecule has 0 saturated carbocycles. The van der Waals surface area contributed by atoms with Crippen molar-refractivity contribution in [2.75, 3.05) is 29.9 Å². The van der Waals surface area contributed by atoms with E-state index in [1.54, 1.807) is 48.4 Å². The van der Waals surface area contributed by atoms with Gasteiger partial charge < -0.3 is 4.74 Å². The van der Waals surface area contributed by atoms with Gasteiger partial charge in [0.15, 0.2) is 5.13 Å². The Morgan fingerprint density at radius 2 is 1.74 bits per heavy atom. The highest BCUT2D eigenvalue weighted by molar-refractivity contribution is 7.92. The predicted octanol–water partition coefficient (Wildman–Crippen LogP) is 5.43. The zero-order valence-corrected chi connectivity index (χ0v) is 21.6. The van der Waals surface area contributed by atoms with Crippen LogP contribution in [0.4, 0.5) is 10.8 Å². The summed E-state index contributed by atoms with van der Waals surface area (Å²) < 4.78 is 34.0. The van der Waals surface area contributed by atoms with Crippen LogP contribution >= 0.6 is 11.3 Å². The second-order valence-corrected chi connectivity index (χ2v) is 11.5. The van der Waals surface area contributed by atoms with Gasteiger partial charge in [-0.1, -0.05) is 43.4 Å². The van der Waals surface area contributed by atoms with Gasteiger partial charge in [0.1, 0.15) is 5.75 Å². The standard InChI is InChI=1S/C26H27N3O4S2/c1-18(2)17-29(26-27-23-10-5-6-11-24(23)34-26)25(30)19-8-7-9-22(16-19)35(31,32)28(3)20-12-14-21(33-4)15-13-20/h5-16,18H,17H2,1-4H3. The molecule has 0 bridgehead atoms. The predicted molar refractivity (Wildman–Crippen MR) is 141 cm³/mol. The van der Waals surface area contributed by atoms with E-state index < -0.39 is 10.0 Å². The van der Waals surface area contributed by atoms with Crippen LogP contribution in [0.15, 0.2) is 77.7 Å². The molecule has 0 unspecified atom stereocenters. The zero-order chi connectivity index (χ0) is 25.2. The van der Waals surface area contributed by atoms with Gasteiger partial charge >= 0.3 is 0 Å². The molecule has 1 heterocycles. The van der Waals surface area contributed by atoms with Crippen molar-refractivity contribution in [2.24, 2.45) is 5.92 Å². The SMILES string of the molecule is COc1ccc(N(C)S(=O)(=O)c2cccc(C(=O)N(CC(C)C)c3nc4ccccc4s3)c2)cc1. The minimum atomic E-state index is -3.89. The second-order valence-electron chi connectivity index (χ2n) is 8.47. The Morgan fingerprint density at radius 1 is 1.03 bits per heavy atom. The Kier molecular flexibility index (Phi) is 7.09. The van der Waals surface area contributed by atoms with E-state index in [9.17, 15) is 13.2 Å². The first-order chi connectivity index (χ1) is 16.7. The Balaban J connectivity index is 1.67. The molecule has 1 aromatic heterocycles. The van der Waals surface area contributed by atoms with Gasteiger partial charge in [-0.25, -0.2) is 13.4 Å². The maximum atomic E-state index is 13.6. The van der Waals surface area contributed by atoms with Crippen molar-refractivity contribution < 1.29 is 17.9 Å². The van der Waals surface area contributed by atoms with Crippen molar-refractivity contribution in [3.63, 3.8) is 0 Å². The molecule has 182 valence electrons. The van der Waals surface area contributed by atoms with Gasteiger partial charge in [0, 0.05) is 19.2 Å². The van der Waals surface area contributed by atoms with Crippen molar-refractivity contribution in [1.29, 1.82) is 0 Å². The van der Waals surface area contributed by atoms with Crippen molar-refractivity contribution in [3.05, 3.63) is 78.4 Å². The van der Waals surface area contributed by atoms with Gasteiger partial charge in [-0.15, -0.1) is 0 Å². The molecular formula is C26H27N3O4S2. The van der Waals surface area contributed by atoms with Crippen LogP contribution in [0.5, 0.6) is 5.75 Å². The Bertz CT molecular complexity index is 1410. The molecule has 0 radical (unpaired) electrons. The number of carbonyl (C=O) groups excluding carboxylic acids is 1. The molecule has 0 N–H and O–H groups in total. The first kappa shape index (κ1) is 24.7. The first-order valence-corrected chi connectivity index (χ1v) is 13.4. The largest absolute Gasteiger partial charge is 0.497 e. The normalized spacial score (nSPS) is 11.6. The smallest absolute Gasteiger partial charge is 0.264 e. The number of anilines is 2. The number of thiazole rings is 1. The number of amides is 1. The number of rotatable bonds is 8. The minimum absolute atomic E-state index is 0.0375. The lowest BCUT2D eigenvalue weighted by Gasteiger charge is -2.23. The molecule has 4 aromatic rings. The van der Waals surface area contributed by atoms with Crippen LogP contribution in [0, 0.1) is 5.92 Å². The quantitative estimate of drug-likeness (QED) is 0.316. The van der Waals surface area contributed by atoms with E-state index in [1.807, 2.05) is 38.1 Å². The maximum absolute atomic E-state index is 13.6. The molecule has 0 fully saturated rings. The van der Waals surface area contributed by atoms with E-state index in [0.29, 0.717) is 23.1 Å². The average Bonchev–Trinajstić information content (AvgIpc) is 3.30. The highest BCUT2D eigenvalue weighted by atomic mass is 32.2. The highest BCUT2D eigenvalue weighted by Gasteiger charge is 2.26. The molecule has 1 amide bonds. The lowest BCUT2D eigenvalue weighted by molar-refractivity contribution is 0.0983. The van der Waals surface area contributed by atoms with E-state index in [1.165, 1.54) is 34.8 Å². The van der Waals surface area contributed by atoms with Gasteiger partial charge in [-0.2, -0.15) is 0 Å². The van der Waals surface area contributed by atoms with Gasteiger partial charge in [-0.05, 0) is 60.5 Å². The van der Waals surface area contributed by atoms with Crippen molar-refractivity contribution in [1.82, 2.24) is 4.98 Å². The third-order valence-electron chi connectivity index (χ3n) is 5.48. The zero-order valence-electron chi connectivity index (χ0n) is 20.0. The Labute approximate surface area is 209 Å². The number of hydrogen-bond donors (Lipinski definition) is 0. The third-order valence-corrected chi connectivity index (χ3v) is 8.32. The molecule has 0 atom stereocenters. The molecule has 7 nitrogen and oxygen atoms in total. The van der Waals surface area contributed by atoms with Crippen molar-refractivity contribution >= 4 is 48.3 Å². The summed E-state index contributed by atoms with van der Waals surface area (Å²) in [5, 5.41) is 0.591. The van der Waals surface area contributed by atoms with Crippen LogP contribution in [0.25, 0.3) is 10.2 Å². The minimum Gasteiger partial charge on any atom is -0.497 e. The number of ether oxygens (including phenoxy) is 1. The van der Waals surface area contributed by atoms with Crippen molar-refractivity contribution in [2.45, 2.75) is 18.7 Å². The molecule has 3 aromatic carbocycles. The summed E-state index contributed by atoms with van der Waals surface area (Å²) in [5.41, 5.74) is 1.60. The number of aromatic nitrogens is 1. The monoisotopic (exact) mass is 509 g/mol. The summed E-state index contributed by atoms with van der Waals surface area (Å²) in [6.07, 6.45) is 0. The van der Waals surface area contributed by atoms with E-state index in [-0.39, 0.29) is 22.3 Å². The fourth-order valence-corrected chi connectivity index (χ4v) is 5.84. The summed E-state index contributed by atoms with van der Waals surface area (Å²) >= 11 is 1.44. The summed E-state index contributed by atoms with van der Waals surface area (Å²) in [7, 11) is -0.858. The van der Waals surface area contributed by atoms with Crippen LogP contribution in [-0.2, 0) is 10.0 Å². The highest BCUT2D eigenvalue weighted by Crippen LogP contribution is 2.31. The number of benzene rings is 3. The van der Waals surface area contributed by atoms with Crippen LogP contribution in [-0.4, -0.2) is 40.0 Å². The van der Waals surface area contributed by atoms with Crippen molar-refractivity contribution in [3.8, 4) is 5.75 Å². The molecule has 0 aliphatic rings. The fourth-order valence-electron chi connectivity index (χ4n) is 3.62. The fraction of sp³-hybridized carbons (Fsp3) is 0.231. The average molecular weight is 510 g/mol. The lowest BCUT2D eigenvalue weighted by atomic mass is 10.1. The van der Waals surface area contributed by atoms with E-state index in [2.05, 4.69) is 4.98 Å². The molecule has 0 aliphatic carbocycles. The van der Waals surface area contributed by atoms with Crippen LogP contribution < -0.4 is 13.9 Å². The number of fused-ring (bicyclic) bond motifs is 1. The number of nitrogens with zero attached hydrogens (tertiary/aromatic N) is 3. The number of methoxy groups -OCH3 is 1. The molecule has 9 heteroatoms. The number of para-hydroxylation sites is 1. The lowest BCUT2D eigenvalue weighted by Crippen LogP contribution is -2.34. The van der Waals surface area contributed by atoms with Gasteiger partial charge in [-0.3, -0.25) is 14.0 Å². The Hall–Kier alpha value is -3.43. The third kappa shape index (κ3) is 5.16. The van der Waals surface area contributed by atoms with Gasteiger partial charge in [0.05, 0.1) is 27.9 Å². The summed E-state index contributed by atoms with van der Waals surface area (Å²) in [5.74, 6) is 0.535. The topological polar surface area (TPSA) is 79.8 Å². The molecule has 35 heavy (non-hydrogen) atoms. The summed E-state index contributed by atoms with van der Waals surface area (Å²) in [4.78, 5) is 19.9. The number of sulfonamides is 1. The van der Waals surface area contributed by atoms with Gasteiger partial charge in [0.25, 0.3) is 15.9 Å². The van der Waals surface area contributed by atoms with Gasteiger partial charge in [0.2, 0.25) is 0 Å². The summed E-state index contributed by atoms with van der Waals surface area (Å²) in [6.45, 7) is 4.51. The molecule has 0 saturated heterocycles. The van der Waals surface area contributed by atoms with E-state index >= 15 is 0 Å². The summed E-state index contributed by atoms with van der Waals surface area (Å²) in [6, 6.07) is 20.6. The second kappa shape index (κ2) is 10.1. The van der Waals surface area contributed by atoms with E-state index in [0.717, 1.165) is 10.2 Å². The van der Waals surface area contributed by atoms with Crippen LogP contribution in [0.1, 0.15) is 24.2 Å². The number of hydrogen-bond acceptors (Lipinski definition) is 6. The molecule has 0 spiro atoms.